The number of hydrogen-bond donors (Lipinski definition) is 0. The molecule has 0 aromatic heterocycles. The third kappa shape index (κ3) is 4.13. The lowest BCUT2D eigenvalue weighted by atomic mass is 10.1. The second-order valence-corrected chi connectivity index (χ2v) is 5.48. The van der Waals surface area contributed by atoms with Crippen LogP contribution < -0.4 is 4.90 Å². The van der Waals surface area contributed by atoms with E-state index in [-0.39, 0.29) is 6.07 Å². The highest BCUT2D eigenvalue weighted by atomic mass is 19.4. The smallest absolute Gasteiger partial charge is 0.338 e. The molecule has 2 aromatic rings. The minimum atomic E-state index is -5.25. The Morgan fingerprint density at radius 1 is 0.893 bits per heavy atom. The van der Waals surface area contributed by atoms with Crippen molar-refractivity contribution >= 4 is 22.7 Å². The lowest BCUT2D eigenvalue weighted by molar-refractivity contribution is -0.394. The number of hydrogen-bond acceptors (Lipinski definition) is 5. The van der Waals surface area contributed by atoms with Gasteiger partial charge >= 0.3 is 12.4 Å². The first-order valence-corrected chi connectivity index (χ1v) is 7.18. The molecule has 0 fully saturated rings. The molecule has 0 saturated heterocycles. The van der Waals surface area contributed by atoms with E-state index in [0.29, 0.717) is 23.1 Å². The molecule has 7 nitrogen and oxygen atoms in total. The molecule has 0 atom stereocenters. The molecule has 0 radical (unpaired) electrons. The molecule has 0 aliphatic rings. The second kappa shape index (κ2) is 6.98. The van der Waals surface area contributed by atoms with Gasteiger partial charge in [-0.15, -0.1) is 0 Å². The summed E-state index contributed by atoms with van der Waals surface area (Å²) in [7, 11) is 0.888. The Morgan fingerprint density at radius 3 is 1.96 bits per heavy atom. The predicted octanol–water partition coefficient (Wildman–Crippen LogP) is 5.31. The molecule has 28 heavy (non-hydrogen) atoms. The topological polar surface area (TPSA) is 89.5 Å². The lowest BCUT2D eigenvalue weighted by Crippen LogP contribution is -2.19. The van der Waals surface area contributed by atoms with Gasteiger partial charge in [0, 0.05) is 18.8 Å². The van der Waals surface area contributed by atoms with Crippen LogP contribution in [0.2, 0.25) is 0 Å². The summed E-state index contributed by atoms with van der Waals surface area (Å²) in [5, 5.41) is 22.1. The molecule has 0 aliphatic heterocycles. The summed E-state index contributed by atoms with van der Waals surface area (Å²) in [5.74, 6) is 0. The number of nitro groups is 2. The van der Waals surface area contributed by atoms with Crippen molar-refractivity contribution in [3.8, 4) is 0 Å². The van der Waals surface area contributed by atoms with Crippen LogP contribution in [-0.2, 0) is 12.4 Å². The molecule has 0 bridgehead atoms. The molecule has 0 saturated carbocycles. The molecule has 0 spiro atoms. The number of halogens is 6. The molecular formula is C15H9F6N3O4. The summed E-state index contributed by atoms with van der Waals surface area (Å²) in [6.07, 6.45) is -10.0. The van der Waals surface area contributed by atoms with Crippen LogP contribution in [-0.4, -0.2) is 16.9 Å². The second-order valence-electron chi connectivity index (χ2n) is 5.48. The molecular weight excluding hydrogens is 400 g/mol. The van der Waals surface area contributed by atoms with Crippen molar-refractivity contribution in [2.75, 3.05) is 11.9 Å². The van der Waals surface area contributed by atoms with Gasteiger partial charge in [0.1, 0.15) is 5.69 Å². The van der Waals surface area contributed by atoms with Gasteiger partial charge in [-0.3, -0.25) is 20.2 Å². The maximum Gasteiger partial charge on any atom is 0.418 e. The molecule has 0 amide bonds. The summed E-state index contributed by atoms with van der Waals surface area (Å²) in [6.45, 7) is 0. The summed E-state index contributed by atoms with van der Waals surface area (Å²) in [5.41, 5.74) is -6.93. The number of benzene rings is 2. The number of nitro benzene ring substituents is 2. The molecule has 0 unspecified atom stereocenters. The normalized spacial score (nSPS) is 12.0. The minimum absolute atomic E-state index is 0.0897. The van der Waals surface area contributed by atoms with E-state index >= 15 is 0 Å². The Bertz CT molecular complexity index is 942. The van der Waals surface area contributed by atoms with Crippen molar-refractivity contribution in [2.45, 2.75) is 12.4 Å². The van der Waals surface area contributed by atoms with Crippen LogP contribution in [0.4, 0.5) is 49.1 Å². The van der Waals surface area contributed by atoms with Crippen LogP contribution in [0.1, 0.15) is 11.1 Å². The van der Waals surface area contributed by atoms with Gasteiger partial charge in [-0.05, 0) is 18.2 Å². The lowest BCUT2D eigenvalue weighted by Gasteiger charge is -2.24. The van der Waals surface area contributed by atoms with Crippen LogP contribution >= 0.6 is 0 Å². The molecule has 0 heterocycles. The Morgan fingerprint density at radius 2 is 1.50 bits per heavy atom. The average molecular weight is 409 g/mol. The van der Waals surface area contributed by atoms with Gasteiger partial charge < -0.3 is 4.90 Å². The third-order valence-electron chi connectivity index (χ3n) is 3.68. The first-order chi connectivity index (χ1) is 12.7. The fraction of sp³-hybridized carbons (Fsp3) is 0.200. The van der Waals surface area contributed by atoms with E-state index in [1.807, 2.05) is 0 Å². The fourth-order valence-electron chi connectivity index (χ4n) is 2.44. The summed E-state index contributed by atoms with van der Waals surface area (Å²) >= 11 is 0. The van der Waals surface area contributed by atoms with Crippen molar-refractivity contribution in [3.63, 3.8) is 0 Å². The highest BCUT2D eigenvalue weighted by Gasteiger charge is 2.41. The zero-order valence-corrected chi connectivity index (χ0v) is 13.7. The molecule has 0 aliphatic carbocycles. The standard InChI is InChI=1S/C15H9F6N3O4/c1-22(9-4-2-3-8(5-9)14(16,17)18)13-11(15(19,20)21)6-10(23(25)26)7-12(13)24(27)28/h2-7H,1H3. The summed E-state index contributed by atoms with van der Waals surface area (Å²) in [6, 6.07) is 3.51. The zero-order chi connectivity index (χ0) is 21.4. The van der Waals surface area contributed by atoms with Gasteiger partial charge in [-0.1, -0.05) is 6.07 Å². The van der Waals surface area contributed by atoms with E-state index in [9.17, 15) is 46.6 Å². The third-order valence-corrected chi connectivity index (χ3v) is 3.68. The first-order valence-electron chi connectivity index (χ1n) is 7.18. The molecule has 2 rings (SSSR count). The Labute approximate surface area is 152 Å². The van der Waals surface area contributed by atoms with Gasteiger partial charge in [0.15, 0.2) is 0 Å². The molecule has 13 heteroatoms. The van der Waals surface area contributed by atoms with Crippen LogP contribution in [0.3, 0.4) is 0 Å². The van der Waals surface area contributed by atoms with Crippen molar-refractivity contribution in [1.82, 2.24) is 0 Å². The van der Waals surface area contributed by atoms with Crippen LogP contribution in [0, 0.1) is 20.2 Å². The molecule has 150 valence electrons. The van der Waals surface area contributed by atoms with Gasteiger partial charge in [0.2, 0.25) is 0 Å². The number of rotatable bonds is 4. The summed E-state index contributed by atoms with van der Waals surface area (Å²) < 4.78 is 78.9. The largest absolute Gasteiger partial charge is 0.418 e. The van der Waals surface area contributed by atoms with Crippen molar-refractivity contribution in [3.05, 3.63) is 67.8 Å². The van der Waals surface area contributed by atoms with Crippen LogP contribution in [0.25, 0.3) is 0 Å². The number of nitrogens with zero attached hydrogens (tertiary/aromatic N) is 3. The molecule has 2 aromatic carbocycles. The van der Waals surface area contributed by atoms with Gasteiger partial charge in [0.05, 0.1) is 27.0 Å². The summed E-state index contributed by atoms with van der Waals surface area (Å²) in [4.78, 5) is 20.1. The van der Waals surface area contributed by atoms with Gasteiger partial charge in [-0.25, -0.2) is 0 Å². The fourth-order valence-corrected chi connectivity index (χ4v) is 2.44. The number of non-ortho nitro benzene ring substituents is 1. The van der Waals surface area contributed by atoms with Crippen molar-refractivity contribution in [2.24, 2.45) is 0 Å². The predicted molar refractivity (Wildman–Crippen MR) is 84.3 cm³/mol. The minimum Gasteiger partial charge on any atom is -0.338 e. The van der Waals surface area contributed by atoms with E-state index in [0.717, 1.165) is 19.2 Å². The van der Waals surface area contributed by atoms with E-state index in [2.05, 4.69) is 0 Å². The zero-order valence-electron chi connectivity index (χ0n) is 13.7. The van der Waals surface area contributed by atoms with Crippen LogP contribution in [0.15, 0.2) is 36.4 Å². The van der Waals surface area contributed by atoms with E-state index < -0.39 is 56.1 Å². The molecule has 0 N–H and O–H groups in total. The van der Waals surface area contributed by atoms with Crippen LogP contribution in [0.5, 0.6) is 0 Å². The Kier molecular flexibility index (Phi) is 5.21. The van der Waals surface area contributed by atoms with E-state index in [4.69, 9.17) is 0 Å². The quantitative estimate of drug-likeness (QED) is 0.388. The Hall–Kier alpha value is -3.38. The highest BCUT2D eigenvalue weighted by molar-refractivity contribution is 5.78. The highest BCUT2D eigenvalue weighted by Crippen LogP contribution is 2.46. The number of anilines is 2. The SMILES string of the molecule is CN(c1cccc(C(F)(F)F)c1)c1c([N+](=O)[O-])cc([N+](=O)[O-])cc1C(F)(F)F. The van der Waals surface area contributed by atoms with E-state index in [1.165, 1.54) is 0 Å². The average Bonchev–Trinajstić information content (AvgIpc) is 2.58. The van der Waals surface area contributed by atoms with E-state index in [1.54, 1.807) is 0 Å². The monoisotopic (exact) mass is 409 g/mol. The first kappa shape index (κ1) is 20.9. The van der Waals surface area contributed by atoms with Crippen molar-refractivity contribution in [1.29, 1.82) is 0 Å². The maximum absolute atomic E-state index is 13.4. The van der Waals surface area contributed by atoms with Gasteiger partial charge in [0.25, 0.3) is 11.4 Å². The van der Waals surface area contributed by atoms with Crippen molar-refractivity contribution < 1.29 is 36.2 Å². The number of alkyl halides is 6. The van der Waals surface area contributed by atoms with Gasteiger partial charge in [-0.2, -0.15) is 26.3 Å². The maximum atomic E-state index is 13.4. The Balaban J connectivity index is 2.79.